The summed E-state index contributed by atoms with van der Waals surface area (Å²) in [6.45, 7) is 17.9. The van der Waals surface area contributed by atoms with Gasteiger partial charge in [0.15, 0.2) is 18.7 Å². The van der Waals surface area contributed by atoms with Gasteiger partial charge < -0.3 is 54.4 Å². The third kappa shape index (κ3) is 13.7. The molecule has 0 aliphatic carbocycles. The standard InChI is InChI=1S/C51H78FN7O12/c1-14-38-51(11,65)34-20-19-32(58-68-26-33-24-66-46(54-33)36-17-16-18-39(55-36)56-45(63)35(53)21-27(3)4)25-67-49(9,23-28(5)41(30(34)7)57-40(60)15-2)44(31(8)43(62)50(10,52)48(64)70-38)71-47-42(61)37(59(12)13)22-29(6)69-47/h16-18,24,27-31,34-35,37-38,42,44,47,61,65H,14-15,19-23,25-26,53H2,1-13H3,(H,55,56,63)/b57-41?,58-32+/t28-,29-,30-,31+,34-,35+,37+,38-,42-,44-,47+,49-,50+,51+/m1/s1. The number of aliphatic hydroxyl groups excluding tert-OH is 1. The number of ketones is 1. The largest absolute Gasteiger partial charge is 0.457 e. The van der Waals surface area contributed by atoms with Crippen LogP contribution in [0.1, 0.15) is 127 Å². The van der Waals surface area contributed by atoms with Gasteiger partial charge in [0.2, 0.25) is 17.7 Å². The maximum Gasteiger partial charge on any atom is 0.351 e. The Morgan fingerprint density at radius 1 is 1.08 bits per heavy atom. The second-order valence-corrected chi connectivity index (χ2v) is 20.9. The molecule has 5 heterocycles. The van der Waals surface area contributed by atoms with E-state index in [0.717, 1.165) is 6.92 Å². The number of nitrogens with one attached hydrogen (secondary N) is 1. The van der Waals surface area contributed by atoms with Gasteiger partial charge in [-0.25, -0.2) is 24.1 Å². The maximum absolute atomic E-state index is 17.1. The van der Waals surface area contributed by atoms with E-state index in [2.05, 4.69) is 25.4 Å². The molecular formula is C51H78FN7O12. The molecule has 3 fully saturated rings. The second-order valence-electron chi connectivity index (χ2n) is 20.9. The molecule has 14 atom stereocenters. The normalized spacial score (nSPS) is 35.1. The number of fused-ring (bicyclic) bond motifs is 5. The van der Waals surface area contributed by atoms with Crippen molar-refractivity contribution in [2.75, 3.05) is 26.0 Å². The van der Waals surface area contributed by atoms with Crippen molar-refractivity contribution < 1.29 is 62.0 Å². The Kier molecular flexibility index (Phi) is 19.4. The topological polar surface area (TPSA) is 260 Å². The Morgan fingerprint density at radius 3 is 2.44 bits per heavy atom. The summed E-state index contributed by atoms with van der Waals surface area (Å²) in [5.41, 5.74) is 0.878. The number of nitrogens with zero attached hydrogens (tertiary/aromatic N) is 5. The number of Topliss-reactive ketones (excluding diaryl/α,β-unsaturated/α-hetero) is 1. The molecule has 3 aliphatic heterocycles. The third-order valence-corrected chi connectivity index (χ3v) is 14.3. The van der Waals surface area contributed by atoms with Crippen LogP contribution >= 0.6 is 0 Å². The lowest BCUT2D eigenvalue weighted by atomic mass is 9.68. The quantitative estimate of drug-likeness (QED) is 0.102. The summed E-state index contributed by atoms with van der Waals surface area (Å²) in [7, 11) is 3.63. The van der Waals surface area contributed by atoms with Gasteiger partial charge in [-0.15, -0.1) is 0 Å². The van der Waals surface area contributed by atoms with Crippen molar-refractivity contribution >= 4 is 40.8 Å². The number of anilines is 1. The molecule has 0 aromatic carbocycles. The smallest absolute Gasteiger partial charge is 0.351 e. The van der Waals surface area contributed by atoms with Crippen molar-refractivity contribution in [2.45, 2.75) is 187 Å². The van der Waals surface area contributed by atoms with Gasteiger partial charge in [0.05, 0.1) is 36.2 Å². The lowest BCUT2D eigenvalue weighted by Crippen LogP contribution is -2.61. The molecule has 0 spiro atoms. The highest BCUT2D eigenvalue weighted by Crippen LogP contribution is 2.43. The average molecular weight is 1000 g/mol. The molecule has 5 rings (SSSR count). The van der Waals surface area contributed by atoms with Crippen molar-refractivity contribution in [2.24, 2.45) is 45.5 Å². The SMILES string of the molecule is CCC(=O)N=C1[C@H](C)C[C@@]2(C)OC/C(=N/OCc3coc(-c4cccc(NC(=O)[C@@H](N)CC(C)C)n4)n3)CC[C@H]([C@H]1C)[C@](C)(O)[C@@H](CC)OC(=O)[C@@](C)(F)C(=O)[C@H](C)[C@H]2O[C@@H]1O[C@H](C)C[C@H](N(C)C)[C@H]1O. The summed E-state index contributed by atoms with van der Waals surface area (Å²) >= 11 is 0. The lowest BCUT2D eigenvalue weighted by molar-refractivity contribution is -0.296. The number of ether oxygens (including phenoxy) is 4. The number of halogens is 1. The highest BCUT2D eigenvalue weighted by molar-refractivity contribution is 6.08. The highest BCUT2D eigenvalue weighted by Gasteiger charge is 2.56. The number of carbonyl (C=O) groups is 4. The van der Waals surface area contributed by atoms with Crippen LogP contribution in [-0.2, 0) is 49.6 Å². The number of aromatic nitrogens is 2. The average Bonchev–Trinajstić information content (AvgIpc) is 3.78. The summed E-state index contributed by atoms with van der Waals surface area (Å²) < 4.78 is 48.5. The Hall–Kier alpha value is -4.57. The molecule has 5 N–H and O–H groups in total. The van der Waals surface area contributed by atoms with Crippen molar-refractivity contribution in [3.63, 3.8) is 0 Å². The van der Waals surface area contributed by atoms with Gasteiger partial charge in [0.1, 0.15) is 41.3 Å². The van der Waals surface area contributed by atoms with Gasteiger partial charge in [-0.2, -0.15) is 0 Å². The van der Waals surface area contributed by atoms with Gasteiger partial charge in [0, 0.05) is 30.0 Å². The molecule has 3 aliphatic rings. The minimum Gasteiger partial charge on any atom is -0.457 e. The number of carbonyl (C=O) groups excluding carboxylic acids is 4. The van der Waals surface area contributed by atoms with Crippen molar-refractivity contribution in [1.82, 2.24) is 14.9 Å². The minimum atomic E-state index is -3.22. The van der Waals surface area contributed by atoms with E-state index >= 15 is 4.39 Å². The molecule has 0 unspecified atom stereocenters. The van der Waals surface area contributed by atoms with Crippen LogP contribution in [0.25, 0.3) is 11.6 Å². The van der Waals surface area contributed by atoms with Crippen molar-refractivity contribution in [3.8, 4) is 11.6 Å². The van der Waals surface area contributed by atoms with Crippen LogP contribution in [0.2, 0.25) is 0 Å². The van der Waals surface area contributed by atoms with Gasteiger partial charge in [-0.1, -0.05) is 59.7 Å². The molecule has 2 bridgehead atoms. The molecular weight excluding hydrogens is 922 g/mol. The number of alkyl halides is 1. The molecule has 3 saturated heterocycles. The Balaban J connectivity index is 1.59. The number of likely N-dealkylation sites (N-methyl/N-ethyl adjacent to an activating group) is 1. The Morgan fingerprint density at radius 2 is 1.79 bits per heavy atom. The van der Waals surface area contributed by atoms with Gasteiger partial charge in [-0.05, 0) is 110 Å². The highest BCUT2D eigenvalue weighted by atomic mass is 19.1. The summed E-state index contributed by atoms with van der Waals surface area (Å²) in [5, 5.41) is 31.7. The number of aliphatic imine (C=N–C) groups is 1. The van der Waals surface area contributed by atoms with E-state index in [1.807, 2.05) is 53.6 Å². The van der Waals surface area contributed by atoms with Crippen LogP contribution in [0.5, 0.6) is 0 Å². The number of hydrogen-bond acceptors (Lipinski definition) is 17. The Bertz CT molecular complexity index is 2230. The molecule has 2 aromatic rings. The number of aliphatic hydroxyl groups is 2. The number of hydrogen-bond donors (Lipinski definition) is 4. The predicted molar refractivity (Wildman–Crippen MR) is 263 cm³/mol. The van der Waals surface area contributed by atoms with Crippen LogP contribution in [-0.4, -0.2) is 140 Å². The summed E-state index contributed by atoms with van der Waals surface area (Å²) in [6.07, 6.45) is -2.88. The molecule has 19 nitrogen and oxygen atoms in total. The number of rotatable bonds is 13. The monoisotopic (exact) mass is 1000 g/mol. The molecule has 20 heteroatoms. The third-order valence-electron chi connectivity index (χ3n) is 14.3. The minimum absolute atomic E-state index is 0.0178. The molecule has 71 heavy (non-hydrogen) atoms. The number of nitrogens with two attached hydrogens (primary N) is 1. The number of esters is 1. The van der Waals surface area contributed by atoms with Crippen molar-refractivity contribution in [1.29, 1.82) is 0 Å². The lowest BCUT2D eigenvalue weighted by Gasteiger charge is -2.48. The fourth-order valence-corrected chi connectivity index (χ4v) is 10.3. The molecule has 2 aromatic heterocycles. The van der Waals surface area contributed by atoms with E-state index in [1.165, 1.54) is 20.1 Å². The number of pyridine rings is 1. The van der Waals surface area contributed by atoms with E-state index in [-0.39, 0.29) is 68.9 Å². The summed E-state index contributed by atoms with van der Waals surface area (Å²) in [4.78, 5) is 76.1. The van der Waals surface area contributed by atoms with E-state index in [0.29, 0.717) is 35.7 Å². The van der Waals surface area contributed by atoms with Crippen LogP contribution in [0, 0.1) is 29.6 Å². The zero-order chi connectivity index (χ0) is 52.7. The number of oxazole rings is 1. The van der Waals surface area contributed by atoms with Crippen LogP contribution < -0.4 is 11.1 Å². The second kappa shape index (κ2) is 24.0. The van der Waals surface area contributed by atoms with E-state index in [1.54, 1.807) is 39.0 Å². The van der Waals surface area contributed by atoms with Crippen LogP contribution in [0.3, 0.4) is 0 Å². The zero-order valence-corrected chi connectivity index (χ0v) is 43.8. The number of oxime groups is 1. The summed E-state index contributed by atoms with van der Waals surface area (Å²) in [5.74, 6) is -6.27. The van der Waals surface area contributed by atoms with E-state index in [9.17, 15) is 29.4 Å². The van der Waals surface area contributed by atoms with E-state index < -0.39 is 101 Å². The predicted octanol–water partition coefficient (Wildman–Crippen LogP) is 5.98. The molecule has 2 amide bonds. The first-order chi connectivity index (χ1) is 33.2. The Labute approximate surface area is 417 Å². The molecule has 0 radical (unpaired) electrons. The summed E-state index contributed by atoms with van der Waals surface area (Å²) in [6, 6.07) is 3.87. The zero-order valence-electron chi connectivity index (χ0n) is 43.8. The van der Waals surface area contributed by atoms with Crippen molar-refractivity contribution in [3.05, 3.63) is 30.2 Å². The van der Waals surface area contributed by atoms with Gasteiger partial charge >= 0.3 is 5.97 Å². The fourth-order valence-electron chi connectivity index (χ4n) is 10.3. The van der Waals surface area contributed by atoms with Gasteiger partial charge in [0.25, 0.3) is 5.67 Å². The van der Waals surface area contributed by atoms with Crippen LogP contribution in [0.4, 0.5) is 10.2 Å². The first kappa shape index (κ1) is 57.3. The van der Waals surface area contributed by atoms with Crippen LogP contribution in [0.15, 0.2) is 39.0 Å². The first-order valence-electron chi connectivity index (χ1n) is 25.0. The maximum atomic E-state index is 17.1. The number of cyclic esters (lactones) is 1. The molecule has 396 valence electrons. The first-order valence-corrected chi connectivity index (χ1v) is 25.0. The molecule has 0 saturated carbocycles. The fraction of sp³-hybridized carbons (Fsp3) is 0.725. The van der Waals surface area contributed by atoms with Gasteiger partial charge in [-0.3, -0.25) is 14.4 Å². The van der Waals surface area contributed by atoms with E-state index in [4.69, 9.17) is 33.9 Å². The number of amides is 2.